The van der Waals surface area contributed by atoms with Gasteiger partial charge in [-0.05, 0) is 43.4 Å². The lowest BCUT2D eigenvalue weighted by molar-refractivity contribution is -0.122. The number of hydrazine groups is 1. The molecule has 2 rings (SSSR count). The van der Waals surface area contributed by atoms with E-state index >= 15 is 0 Å². The van der Waals surface area contributed by atoms with Crippen molar-refractivity contribution in [3.8, 4) is 0 Å². The van der Waals surface area contributed by atoms with Crippen LogP contribution < -0.4 is 10.9 Å². The first kappa shape index (κ1) is 18.2. The molecule has 23 heavy (non-hydrogen) atoms. The quantitative estimate of drug-likeness (QED) is 0.446. The van der Waals surface area contributed by atoms with Crippen LogP contribution in [0.15, 0.2) is 24.3 Å². The van der Waals surface area contributed by atoms with Crippen molar-refractivity contribution in [3.63, 3.8) is 0 Å². The molecule has 0 aliphatic carbocycles. The normalized spacial score (nSPS) is 17.0. The summed E-state index contributed by atoms with van der Waals surface area (Å²) in [5.41, 5.74) is 6.70. The van der Waals surface area contributed by atoms with E-state index < -0.39 is 0 Å². The van der Waals surface area contributed by atoms with Crippen LogP contribution >= 0.6 is 21.6 Å². The highest BCUT2D eigenvalue weighted by atomic mass is 33.1. The summed E-state index contributed by atoms with van der Waals surface area (Å²) in [5.74, 6) is 0.846. The second-order valence-corrected chi connectivity index (χ2v) is 8.41. The standard InChI is InChI=1S/C17H24N2O2S2/c1-2-13-7-9-14(10-8-13)17(21)19-18-16(20)6-4-3-5-15-11-12-22-23-15/h7-10,15H,2-6,11-12H2,1H3,(H,18,20)(H,19,21). The van der Waals surface area contributed by atoms with Crippen molar-refractivity contribution in [2.45, 2.75) is 50.7 Å². The molecule has 1 fully saturated rings. The number of benzene rings is 1. The van der Waals surface area contributed by atoms with Crippen LogP contribution in [0.1, 0.15) is 54.9 Å². The Hall–Kier alpha value is -1.14. The third-order valence-electron chi connectivity index (χ3n) is 3.85. The van der Waals surface area contributed by atoms with Gasteiger partial charge in [0.1, 0.15) is 0 Å². The second-order valence-electron chi connectivity index (χ2n) is 5.63. The molecular weight excluding hydrogens is 328 g/mol. The van der Waals surface area contributed by atoms with E-state index in [2.05, 4.69) is 17.8 Å². The Morgan fingerprint density at radius 2 is 1.96 bits per heavy atom. The van der Waals surface area contributed by atoms with Gasteiger partial charge >= 0.3 is 0 Å². The van der Waals surface area contributed by atoms with Crippen LogP contribution in [0.2, 0.25) is 0 Å². The van der Waals surface area contributed by atoms with Crippen LogP contribution in [0.25, 0.3) is 0 Å². The first-order valence-corrected chi connectivity index (χ1v) is 10.5. The molecule has 0 radical (unpaired) electrons. The number of nitrogens with one attached hydrogen (secondary N) is 2. The Kier molecular flexibility index (Phi) is 7.82. The van der Waals surface area contributed by atoms with Gasteiger partial charge in [-0.15, -0.1) is 0 Å². The first-order chi connectivity index (χ1) is 11.2. The predicted octanol–water partition coefficient (Wildman–Crippen LogP) is 3.72. The van der Waals surface area contributed by atoms with E-state index in [1.165, 1.54) is 24.2 Å². The molecule has 1 aromatic carbocycles. The molecule has 1 aromatic rings. The number of carbonyl (C=O) groups excluding carboxylic acids is 2. The molecule has 0 saturated carbocycles. The minimum atomic E-state index is -0.277. The Balaban J connectivity index is 1.60. The lowest BCUT2D eigenvalue weighted by atomic mass is 10.1. The van der Waals surface area contributed by atoms with E-state index in [0.29, 0.717) is 12.0 Å². The molecule has 0 aromatic heterocycles. The molecule has 1 unspecified atom stereocenters. The maximum atomic E-state index is 11.9. The minimum Gasteiger partial charge on any atom is -0.273 e. The summed E-state index contributed by atoms with van der Waals surface area (Å²) in [7, 11) is 3.92. The highest BCUT2D eigenvalue weighted by Gasteiger charge is 2.15. The van der Waals surface area contributed by atoms with Gasteiger partial charge in [-0.1, -0.05) is 47.1 Å². The summed E-state index contributed by atoms with van der Waals surface area (Å²) in [6, 6.07) is 7.40. The maximum absolute atomic E-state index is 11.9. The second kappa shape index (κ2) is 9.88. The van der Waals surface area contributed by atoms with Gasteiger partial charge in [0.05, 0.1) is 0 Å². The number of hydrogen-bond acceptors (Lipinski definition) is 4. The van der Waals surface area contributed by atoms with Gasteiger partial charge in [-0.25, -0.2) is 0 Å². The van der Waals surface area contributed by atoms with Crippen LogP contribution in [-0.4, -0.2) is 22.8 Å². The van der Waals surface area contributed by atoms with E-state index in [-0.39, 0.29) is 11.8 Å². The maximum Gasteiger partial charge on any atom is 0.269 e. The average Bonchev–Trinajstić information content (AvgIpc) is 3.10. The predicted molar refractivity (Wildman–Crippen MR) is 98.4 cm³/mol. The van der Waals surface area contributed by atoms with Gasteiger partial charge in [0.2, 0.25) is 5.91 Å². The molecule has 126 valence electrons. The van der Waals surface area contributed by atoms with Crippen molar-refractivity contribution in [2.24, 2.45) is 0 Å². The average molecular weight is 353 g/mol. The first-order valence-electron chi connectivity index (χ1n) is 8.15. The van der Waals surface area contributed by atoms with Crippen molar-refractivity contribution >= 4 is 33.4 Å². The van der Waals surface area contributed by atoms with E-state index in [4.69, 9.17) is 0 Å². The zero-order valence-corrected chi connectivity index (χ0v) is 15.1. The van der Waals surface area contributed by atoms with Gasteiger partial charge in [0.15, 0.2) is 0 Å². The molecule has 2 amide bonds. The summed E-state index contributed by atoms with van der Waals surface area (Å²) in [4.78, 5) is 23.7. The fourth-order valence-electron chi connectivity index (χ4n) is 2.37. The lowest BCUT2D eigenvalue weighted by Crippen LogP contribution is -2.41. The fraction of sp³-hybridized carbons (Fsp3) is 0.529. The molecular formula is C17H24N2O2S2. The smallest absolute Gasteiger partial charge is 0.269 e. The van der Waals surface area contributed by atoms with E-state index in [9.17, 15) is 9.59 Å². The van der Waals surface area contributed by atoms with Gasteiger partial charge in [0.25, 0.3) is 5.91 Å². The summed E-state index contributed by atoms with van der Waals surface area (Å²) in [6.45, 7) is 2.07. The number of amides is 2. The van der Waals surface area contributed by atoms with E-state index in [0.717, 1.165) is 24.5 Å². The molecule has 6 heteroatoms. The van der Waals surface area contributed by atoms with Crippen molar-refractivity contribution in [2.75, 3.05) is 5.75 Å². The van der Waals surface area contributed by atoms with Crippen LogP contribution in [0.5, 0.6) is 0 Å². The zero-order chi connectivity index (χ0) is 16.5. The molecule has 0 bridgehead atoms. The van der Waals surface area contributed by atoms with Crippen LogP contribution in [0, 0.1) is 0 Å². The molecule has 0 spiro atoms. The van der Waals surface area contributed by atoms with Crippen LogP contribution in [0.4, 0.5) is 0 Å². The Morgan fingerprint density at radius 3 is 2.61 bits per heavy atom. The van der Waals surface area contributed by atoms with E-state index in [1.54, 1.807) is 12.1 Å². The number of aryl methyl sites for hydroxylation is 1. The molecule has 4 nitrogen and oxygen atoms in total. The van der Waals surface area contributed by atoms with Crippen LogP contribution in [-0.2, 0) is 11.2 Å². The summed E-state index contributed by atoms with van der Waals surface area (Å²) < 4.78 is 0. The number of rotatable bonds is 7. The monoisotopic (exact) mass is 352 g/mol. The zero-order valence-electron chi connectivity index (χ0n) is 13.5. The number of unbranched alkanes of at least 4 members (excludes halogenated alkanes) is 1. The molecule has 1 saturated heterocycles. The van der Waals surface area contributed by atoms with Gasteiger partial charge < -0.3 is 0 Å². The summed E-state index contributed by atoms with van der Waals surface area (Å²) >= 11 is 0. The van der Waals surface area contributed by atoms with Crippen LogP contribution in [0.3, 0.4) is 0 Å². The fourth-order valence-corrected chi connectivity index (χ4v) is 5.40. The Bertz CT molecular complexity index is 514. The summed E-state index contributed by atoms with van der Waals surface area (Å²) in [5, 5.41) is 0.758. The topological polar surface area (TPSA) is 58.2 Å². The molecule has 1 aliphatic heterocycles. The largest absolute Gasteiger partial charge is 0.273 e. The number of carbonyl (C=O) groups is 2. The van der Waals surface area contributed by atoms with Crippen molar-refractivity contribution < 1.29 is 9.59 Å². The van der Waals surface area contributed by atoms with Crippen molar-refractivity contribution in [3.05, 3.63) is 35.4 Å². The third kappa shape index (κ3) is 6.47. The number of hydrogen-bond donors (Lipinski definition) is 2. The minimum absolute atomic E-state index is 0.128. The highest BCUT2D eigenvalue weighted by Crippen LogP contribution is 2.39. The summed E-state index contributed by atoms with van der Waals surface area (Å²) in [6.07, 6.45) is 5.80. The van der Waals surface area contributed by atoms with E-state index in [1.807, 2.05) is 33.7 Å². The molecule has 1 atom stereocenters. The SMILES string of the molecule is CCc1ccc(C(=O)NNC(=O)CCCCC2CCSS2)cc1. The Morgan fingerprint density at radius 1 is 1.17 bits per heavy atom. The van der Waals surface area contributed by atoms with Crippen molar-refractivity contribution in [1.29, 1.82) is 0 Å². The van der Waals surface area contributed by atoms with Crippen molar-refractivity contribution in [1.82, 2.24) is 10.9 Å². The highest BCUT2D eigenvalue weighted by molar-refractivity contribution is 8.77. The molecule has 1 aliphatic rings. The third-order valence-corrected chi connectivity index (χ3v) is 6.85. The van der Waals surface area contributed by atoms with Gasteiger partial charge in [-0.3, -0.25) is 20.4 Å². The molecule has 1 heterocycles. The lowest BCUT2D eigenvalue weighted by Gasteiger charge is -2.09. The van der Waals surface area contributed by atoms with Gasteiger partial charge in [0, 0.05) is 23.0 Å². The molecule has 2 N–H and O–H groups in total. The Labute approximate surface area is 145 Å². The van der Waals surface area contributed by atoms with Gasteiger partial charge in [-0.2, -0.15) is 0 Å².